The summed E-state index contributed by atoms with van der Waals surface area (Å²) >= 11 is 0. The molecule has 0 aromatic rings. The standard InChI is InChI=1S/C23H40N2O4/c1-14(2)18(13-16(4)22(28)29)25(8)21(27)19(23(5,6)7)24-20(26)17-12-10-9-11-15(17)3/h13-15,17-19H,9-12H2,1-8H3,(H,24,26)(H,28,29)/b16-13+/t15?,17?,18-,19-/m1/s1. The molecule has 0 heterocycles. The van der Waals surface area contributed by atoms with Crippen molar-refractivity contribution in [3.8, 4) is 0 Å². The number of hydrogen-bond acceptors (Lipinski definition) is 3. The number of aliphatic carboxylic acids is 1. The molecule has 1 aliphatic carbocycles. The van der Waals surface area contributed by atoms with Crippen molar-refractivity contribution in [1.82, 2.24) is 10.2 Å². The van der Waals surface area contributed by atoms with Crippen LogP contribution in [-0.4, -0.2) is 46.9 Å². The van der Waals surface area contributed by atoms with Crippen LogP contribution in [0.3, 0.4) is 0 Å². The smallest absolute Gasteiger partial charge is 0.331 e. The van der Waals surface area contributed by atoms with Gasteiger partial charge in [0.25, 0.3) is 0 Å². The van der Waals surface area contributed by atoms with E-state index in [1.807, 2.05) is 34.6 Å². The minimum absolute atomic E-state index is 0.0351. The van der Waals surface area contributed by atoms with Crippen molar-refractivity contribution in [1.29, 1.82) is 0 Å². The highest BCUT2D eigenvalue weighted by atomic mass is 16.4. The number of hydrogen-bond donors (Lipinski definition) is 2. The van der Waals surface area contributed by atoms with Gasteiger partial charge in [-0.1, -0.05) is 60.5 Å². The molecule has 6 heteroatoms. The third-order valence-corrected chi connectivity index (χ3v) is 6.08. The maximum atomic E-state index is 13.4. The van der Waals surface area contributed by atoms with Crippen molar-refractivity contribution in [3.63, 3.8) is 0 Å². The lowest BCUT2D eigenvalue weighted by Gasteiger charge is -2.38. The third kappa shape index (κ3) is 6.86. The predicted octanol–water partition coefficient (Wildman–Crippen LogP) is 3.86. The second kappa shape index (κ2) is 10.3. The van der Waals surface area contributed by atoms with E-state index in [4.69, 9.17) is 0 Å². The molecule has 4 atom stereocenters. The Kier molecular flexibility index (Phi) is 8.91. The Morgan fingerprint density at radius 1 is 1.14 bits per heavy atom. The van der Waals surface area contributed by atoms with Crippen LogP contribution in [0.5, 0.6) is 0 Å². The average Bonchev–Trinajstić information content (AvgIpc) is 2.61. The van der Waals surface area contributed by atoms with E-state index in [-0.39, 0.29) is 35.3 Å². The maximum absolute atomic E-state index is 13.4. The Morgan fingerprint density at radius 3 is 2.14 bits per heavy atom. The van der Waals surface area contributed by atoms with Crippen molar-refractivity contribution in [3.05, 3.63) is 11.6 Å². The Bertz CT molecular complexity index is 633. The maximum Gasteiger partial charge on any atom is 0.331 e. The molecule has 0 aromatic heterocycles. The molecular formula is C23H40N2O4. The van der Waals surface area contributed by atoms with E-state index in [2.05, 4.69) is 12.2 Å². The second-order valence-electron chi connectivity index (χ2n) is 10.0. The zero-order valence-corrected chi connectivity index (χ0v) is 19.4. The molecular weight excluding hydrogens is 368 g/mol. The molecule has 0 spiro atoms. The quantitative estimate of drug-likeness (QED) is 0.626. The first kappa shape index (κ1) is 25.2. The van der Waals surface area contributed by atoms with Crippen molar-refractivity contribution < 1.29 is 19.5 Å². The van der Waals surface area contributed by atoms with Gasteiger partial charge in [-0.15, -0.1) is 0 Å². The van der Waals surface area contributed by atoms with Gasteiger partial charge in [0.1, 0.15) is 6.04 Å². The molecule has 1 fully saturated rings. The number of carbonyl (C=O) groups is 3. The molecule has 2 N–H and O–H groups in total. The lowest BCUT2D eigenvalue weighted by molar-refractivity contribution is -0.141. The van der Waals surface area contributed by atoms with E-state index in [1.165, 1.54) is 6.92 Å². The normalized spacial score (nSPS) is 22.7. The Hall–Kier alpha value is -1.85. The summed E-state index contributed by atoms with van der Waals surface area (Å²) in [4.78, 5) is 39.3. The summed E-state index contributed by atoms with van der Waals surface area (Å²) in [6.07, 6.45) is 5.73. The minimum Gasteiger partial charge on any atom is -0.478 e. The summed E-state index contributed by atoms with van der Waals surface area (Å²) in [5.41, 5.74) is -0.262. The molecule has 2 unspecified atom stereocenters. The molecule has 0 saturated heterocycles. The number of amides is 2. The first-order valence-corrected chi connectivity index (χ1v) is 10.8. The van der Waals surface area contributed by atoms with Crippen LogP contribution < -0.4 is 5.32 Å². The van der Waals surface area contributed by atoms with Crippen LogP contribution in [-0.2, 0) is 14.4 Å². The molecule has 2 amide bonds. The Balaban J connectivity index is 3.10. The van der Waals surface area contributed by atoms with Crippen molar-refractivity contribution in [2.45, 2.75) is 86.2 Å². The fourth-order valence-electron chi connectivity index (χ4n) is 4.03. The van der Waals surface area contributed by atoms with Gasteiger partial charge in [0, 0.05) is 18.5 Å². The number of likely N-dealkylation sites (N-methyl/N-ethyl adjacent to an activating group) is 1. The highest BCUT2D eigenvalue weighted by Gasteiger charge is 2.39. The van der Waals surface area contributed by atoms with Crippen LogP contribution in [0.1, 0.15) is 74.1 Å². The van der Waals surface area contributed by atoms with Gasteiger partial charge in [-0.3, -0.25) is 9.59 Å². The van der Waals surface area contributed by atoms with Gasteiger partial charge in [0.15, 0.2) is 0 Å². The number of carboxylic acids is 1. The van der Waals surface area contributed by atoms with Gasteiger partial charge in [0.05, 0.1) is 6.04 Å². The van der Waals surface area contributed by atoms with E-state index in [9.17, 15) is 19.5 Å². The fourth-order valence-corrected chi connectivity index (χ4v) is 4.03. The Morgan fingerprint density at radius 2 is 1.69 bits per heavy atom. The molecule has 1 saturated carbocycles. The van der Waals surface area contributed by atoms with Gasteiger partial charge in [-0.25, -0.2) is 4.79 Å². The summed E-state index contributed by atoms with van der Waals surface area (Å²) in [5.74, 6) is -0.931. The molecule has 166 valence electrons. The zero-order chi connectivity index (χ0) is 22.5. The van der Waals surface area contributed by atoms with E-state index in [1.54, 1.807) is 18.0 Å². The van der Waals surface area contributed by atoms with Crippen molar-refractivity contribution in [2.75, 3.05) is 7.05 Å². The minimum atomic E-state index is -0.997. The van der Waals surface area contributed by atoms with Crippen LogP contribution in [0.2, 0.25) is 0 Å². The van der Waals surface area contributed by atoms with Crippen LogP contribution in [0, 0.1) is 23.2 Å². The summed E-state index contributed by atoms with van der Waals surface area (Å²) in [6, 6.07) is -1.04. The molecule has 6 nitrogen and oxygen atoms in total. The average molecular weight is 409 g/mol. The van der Waals surface area contributed by atoms with E-state index in [0.717, 1.165) is 25.7 Å². The monoisotopic (exact) mass is 408 g/mol. The number of nitrogens with zero attached hydrogens (tertiary/aromatic N) is 1. The number of nitrogens with one attached hydrogen (secondary N) is 1. The van der Waals surface area contributed by atoms with Crippen LogP contribution >= 0.6 is 0 Å². The van der Waals surface area contributed by atoms with Crippen molar-refractivity contribution in [2.24, 2.45) is 23.2 Å². The number of carboxylic acid groups (broad SMARTS) is 1. The molecule has 1 rings (SSSR count). The Labute approximate surface area is 176 Å². The van der Waals surface area contributed by atoms with Gasteiger partial charge < -0.3 is 15.3 Å². The SMILES string of the molecule is C/C(=C\[C@H](C(C)C)N(C)C(=O)[C@@H](NC(=O)C1CCCCC1C)C(C)(C)C)C(=O)O. The fraction of sp³-hybridized carbons (Fsp3) is 0.783. The highest BCUT2D eigenvalue weighted by Crippen LogP contribution is 2.31. The second-order valence-corrected chi connectivity index (χ2v) is 10.0. The number of rotatable bonds is 7. The third-order valence-electron chi connectivity index (χ3n) is 6.08. The topological polar surface area (TPSA) is 86.7 Å². The molecule has 0 aliphatic heterocycles. The van der Waals surface area contributed by atoms with Gasteiger partial charge >= 0.3 is 5.97 Å². The van der Waals surface area contributed by atoms with E-state index >= 15 is 0 Å². The summed E-state index contributed by atoms with van der Waals surface area (Å²) in [5, 5.41) is 12.3. The summed E-state index contributed by atoms with van der Waals surface area (Å²) in [6.45, 7) is 13.4. The first-order chi connectivity index (χ1) is 13.3. The lowest BCUT2D eigenvalue weighted by Crippen LogP contribution is -2.57. The molecule has 29 heavy (non-hydrogen) atoms. The highest BCUT2D eigenvalue weighted by molar-refractivity contribution is 5.90. The van der Waals surface area contributed by atoms with E-state index in [0.29, 0.717) is 5.92 Å². The summed E-state index contributed by atoms with van der Waals surface area (Å²) < 4.78 is 0. The first-order valence-electron chi connectivity index (χ1n) is 10.8. The zero-order valence-electron chi connectivity index (χ0n) is 19.4. The largest absolute Gasteiger partial charge is 0.478 e. The van der Waals surface area contributed by atoms with E-state index < -0.39 is 17.4 Å². The summed E-state index contributed by atoms with van der Waals surface area (Å²) in [7, 11) is 1.69. The molecule has 1 aliphatic rings. The molecule has 0 aromatic carbocycles. The van der Waals surface area contributed by atoms with Crippen LogP contribution in [0.15, 0.2) is 11.6 Å². The predicted molar refractivity (Wildman–Crippen MR) is 115 cm³/mol. The van der Waals surface area contributed by atoms with Gasteiger partial charge in [-0.2, -0.15) is 0 Å². The van der Waals surface area contributed by atoms with Crippen molar-refractivity contribution >= 4 is 17.8 Å². The molecule has 0 bridgehead atoms. The van der Waals surface area contributed by atoms with Crippen LogP contribution in [0.4, 0.5) is 0 Å². The van der Waals surface area contributed by atoms with Crippen LogP contribution in [0.25, 0.3) is 0 Å². The van der Waals surface area contributed by atoms with Gasteiger partial charge in [0.2, 0.25) is 11.8 Å². The molecule has 0 radical (unpaired) electrons. The van der Waals surface area contributed by atoms with Gasteiger partial charge in [-0.05, 0) is 37.0 Å². The lowest BCUT2D eigenvalue weighted by atomic mass is 9.79. The number of carbonyl (C=O) groups excluding carboxylic acids is 2.